The predicted octanol–water partition coefficient (Wildman–Crippen LogP) is 3.04. The third-order valence-electron chi connectivity index (χ3n) is 4.46. The molecule has 1 aliphatic rings. The first-order valence-electron chi connectivity index (χ1n) is 7.96. The first-order chi connectivity index (χ1) is 11.2. The highest BCUT2D eigenvalue weighted by Gasteiger charge is 2.27. The van der Waals surface area contributed by atoms with E-state index >= 15 is 0 Å². The summed E-state index contributed by atoms with van der Waals surface area (Å²) in [5, 5.41) is 0. The highest BCUT2D eigenvalue weighted by atomic mass is 16.2. The molecule has 1 fully saturated rings. The van der Waals surface area contributed by atoms with Gasteiger partial charge in [-0.1, -0.05) is 30.3 Å². The first-order valence-corrected chi connectivity index (χ1v) is 7.96. The summed E-state index contributed by atoms with van der Waals surface area (Å²) < 4.78 is 0. The average Bonchev–Trinajstić information content (AvgIpc) is 2.62. The Morgan fingerprint density at radius 2 is 1.78 bits per heavy atom. The molecule has 0 aliphatic carbocycles. The molecule has 4 nitrogen and oxygen atoms in total. The Morgan fingerprint density at radius 3 is 2.43 bits per heavy atom. The molecule has 3 rings (SSSR count). The molecule has 0 unspecified atom stereocenters. The van der Waals surface area contributed by atoms with E-state index < -0.39 is 0 Å². The summed E-state index contributed by atoms with van der Waals surface area (Å²) in [5.74, 6) is -0.344. The molecule has 0 radical (unpaired) electrons. The molecular weight excluding hydrogens is 288 g/mol. The monoisotopic (exact) mass is 308 g/mol. The van der Waals surface area contributed by atoms with Crippen LogP contribution in [0.4, 0.5) is 0 Å². The zero-order valence-electron chi connectivity index (χ0n) is 13.2. The summed E-state index contributed by atoms with van der Waals surface area (Å²) >= 11 is 0. The van der Waals surface area contributed by atoms with Gasteiger partial charge in [-0.25, -0.2) is 0 Å². The van der Waals surface area contributed by atoms with Gasteiger partial charge in [-0.3, -0.25) is 14.6 Å². The average molecular weight is 308 g/mol. The van der Waals surface area contributed by atoms with E-state index in [4.69, 9.17) is 0 Å². The minimum atomic E-state index is -0.377. The van der Waals surface area contributed by atoms with E-state index in [2.05, 4.69) is 23.2 Å². The Balaban J connectivity index is 1.80. The summed E-state index contributed by atoms with van der Waals surface area (Å²) in [7, 11) is 0. The summed E-state index contributed by atoms with van der Waals surface area (Å²) in [6.45, 7) is 2.62. The summed E-state index contributed by atoms with van der Waals surface area (Å²) in [6, 6.07) is 12.3. The van der Waals surface area contributed by atoms with Crippen molar-refractivity contribution in [3.63, 3.8) is 0 Å². The number of amides is 1. The van der Waals surface area contributed by atoms with Crippen LogP contribution in [-0.2, 0) is 9.59 Å². The zero-order valence-corrected chi connectivity index (χ0v) is 13.2. The van der Waals surface area contributed by atoms with E-state index in [9.17, 15) is 9.59 Å². The summed E-state index contributed by atoms with van der Waals surface area (Å²) in [5.41, 5.74) is 3.60. The molecule has 1 aromatic carbocycles. The van der Waals surface area contributed by atoms with Crippen LogP contribution in [0.1, 0.15) is 31.2 Å². The molecule has 2 heterocycles. The maximum absolute atomic E-state index is 11.8. The molecule has 23 heavy (non-hydrogen) atoms. The standard InChI is InChI=1S/C19H20N2O2/c1-14(22)19(23)21-11-8-16(9-12-21)17-7-10-20-13-18(17)15-5-3-2-4-6-15/h2-7,10,13,16H,8-9,11-12H2,1H3. The second-order valence-corrected chi connectivity index (χ2v) is 5.95. The fraction of sp³-hybridized carbons (Fsp3) is 0.316. The molecule has 0 N–H and O–H groups in total. The van der Waals surface area contributed by atoms with Gasteiger partial charge in [0.1, 0.15) is 0 Å². The predicted molar refractivity (Wildman–Crippen MR) is 88.9 cm³/mol. The van der Waals surface area contributed by atoms with Crippen molar-refractivity contribution in [3.05, 3.63) is 54.4 Å². The fourth-order valence-electron chi connectivity index (χ4n) is 3.24. The number of hydrogen-bond acceptors (Lipinski definition) is 3. The number of aromatic nitrogens is 1. The van der Waals surface area contributed by atoms with Gasteiger partial charge < -0.3 is 4.90 Å². The molecule has 1 aromatic heterocycles. The highest BCUT2D eigenvalue weighted by Crippen LogP contribution is 2.34. The normalized spacial score (nSPS) is 15.4. The smallest absolute Gasteiger partial charge is 0.289 e. The number of rotatable bonds is 3. The van der Waals surface area contributed by atoms with Crippen molar-refractivity contribution in [2.45, 2.75) is 25.7 Å². The Morgan fingerprint density at radius 1 is 1.09 bits per heavy atom. The molecule has 1 aliphatic heterocycles. The first kappa shape index (κ1) is 15.4. The summed E-state index contributed by atoms with van der Waals surface area (Å²) in [6.07, 6.45) is 5.50. The van der Waals surface area contributed by atoms with Gasteiger partial charge in [-0.15, -0.1) is 0 Å². The number of carbonyl (C=O) groups is 2. The molecule has 1 amide bonds. The third-order valence-corrected chi connectivity index (χ3v) is 4.46. The van der Waals surface area contributed by atoms with E-state index in [1.807, 2.05) is 30.6 Å². The number of hydrogen-bond donors (Lipinski definition) is 0. The van der Waals surface area contributed by atoms with Crippen molar-refractivity contribution >= 4 is 11.7 Å². The van der Waals surface area contributed by atoms with Crippen molar-refractivity contribution in [1.29, 1.82) is 0 Å². The lowest BCUT2D eigenvalue weighted by molar-refractivity contribution is -0.144. The van der Waals surface area contributed by atoms with Gasteiger partial charge in [0.25, 0.3) is 5.91 Å². The number of likely N-dealkylation sites (tertiary alicyclic amines) is 1. The highest BCUT2D eigenvalue weighted by molar-refractivity contribution is 6.35. The van der Waals surface area contributed by atoms with Gasteiger partial charge in [-0.2, -0.15) is 0 Å². The van der Waals surface area contributed by atoms with E-state index in [0.29, 0.717) is 19.0 Å². The number of benzene rings is 1. The van der Waals surface area contributed by atoms with Crippen LogP contribution in [0.15, 0.2) is 48.8 Å². The van der Waals surface area contributed by atoms with Gasteiger partial charge in [0.2, 0.25) is 5.78 Å². The molecule has 0 saturated carbocycles. The minimum Gasteiger partial charge on any atom is -0.336 e. The van der Waals surface area contributed by atoms with Crippen molar-refractivity contribution in [3.8, 4) is 11.1 Å². The number of piperidine rings is 1. The van der Waals surface area contributed by atoms with Crippen molar-refractivity contribution < 1.29 is 9.59 Å². The van der Waals surface area contributed by atoms with Crippen LogP contribution >= 0.6 is 0 Å². The van der Waals surface area contributed by atoms with Crippen LogP contribution < -0.4 is 0 Å². The van der Waals surface area contributed by atoms with Crippen LogP contribution in [0.25, 0.3) is 11.1 Å². The van der Waals surface area contributed by atoms with Crippen LogP contribution in [0, 0.1) is 0 Å². The van der Waals surface area contributed by atoms with Gasteiger partial charge in [0.05, 0.1) is 0 Å². The van der Waals surface area contributed by atoms with E-state index in [1.54, 1.807) is 4.90 Å². The van der Waals surface area contributed by atoms with Gasteiger partial charge in [-0.05, 0) is 36.0 Å². The van der Waals surface area contributed by atoms with Gasteiger partial charge in [0.15, 0.2) is 0 Å². The van der Waals surface area contributed by atoms with Crippen molar-refractivity contribution in [2.24, 2.45) is 0 Å². The zero-order chi connectivity index (χ0) is 16.2. The SMILES string of the molecule is CC(=O)C(=O)N1CCC(c2ccncc2-c2ccccc2)CC1. The number of ketones is 1. The molecular formula is C19H20N2O2. The van der Waals surface area contributed by atoms with Crippen LogP contribution in [0.2, 0.25) is 0 Å². The minimum absolute atomic E-state index is 0.360. The Kier molecular flexibility index (Phi) is 4.51. The number of nitrogens with zero attached hydrogens (tertiary/aromatic N) is 2. The van der Waals surface area contributed by atoms with E-state index in [1.165, 1.54) is 12.5 Å². The van der Waals surface area contributed by atoms with Crippen LogP contribution in [-0.4, -0.2) is 34.7 Å². The Bertz CT molecular complexity index is 704. The molecule has 1 saturated heterocycles. The summed E-state index contributed by atoms with van der Waals surface area (Å²) in [4.78, 5) is 29.0. The lowest BCUT2D eigenvalue weighted by atomic mass is 9.85. The van der Waals surface area contributed by atoms with E-state index in [0.717, 1.165) is 24.0 Å². The quantitative estimate of drug-likeness (QED) is 0.819. The van der Waals surface area contributed by atoms with Crippen molar-refractivity contribution in [1.82, 2.24) is 9.88 Å². The second-order valence-electron chi connectivity index (χ2n) is 5.95. The van der Waals surface area contributed by atoms with Gasteiger partial charge >= 0.3 is 0 Å². The Labute approximate surface area is 136 Å². The van der Waals surface area contributed by atoms with E-state index in [-0.39, 0.29) is 11.7 Å². The van der Waals surface area contributed by atoms with Crippen LogP contribution in [0.5, 0.6) is 0 Å². The number of carbonyl (C=O) groups excluding carboxylic acids is 2. The largest absolute Gasteiger partial charge is 0.336 e. The molecule has 0 bridgehead atoms. The number of Topliss-reactive ketones (excluding diaryl/α,β-unsaturated/α-hetero) is 1. The maximum Gasteiger partial charge on any atom is 0.289 e. The maximum atomic E-state index is 11.8. The lowest BCUT2D eigenvalue weighted by Gasteiger charge is -2.32. The molecule has 4 heteroatoms. The van der Waals surface area contributed by atoms with Crippen LogP contribution in [0.3, 0.4) is 0 Å². The topological polar surface area (TPSA) is 50.3 Å². The number of pyridine rings is 1. The molecule has 0 spiro atoms. The fourth-order valence-corrected chi connectivity index (χ4v) is 3.24. The molecule has 118 valence electrons. The lowest BCUT2D eigenvalue weighted by Crippen LogP contribution is -2.41. The second kappa shape index (κ2) is 6.73. The van der Waals surface area contributed by atoms with Crippen molar-refractivity contribution in [2.75, 3.05) is 13.1 Å². The Hall–Kier alpha value is -2.49. The van der Waals surface area contributed by atoms with Gasteiger partial charge in [0, 0.05) is 38.0 Å². The third kappa shape index (κ3) is 3.31. The molecule has 0 atom stereocenters. The molecule has 2 aromatic rings.